The fraction of sp³-hybridized carbons (Fsp3) is 0.176. The summed E-state index contributed by atoms with van der Waals surface area (Å²) in [5, 5.41) is 4.64. The molecule has 3 nitrogen and oxygen atoms in total. The van der Waals surface area contributed by atoms with E-state index in [-0.39, 0.29) is 0 Å². The molecule has 0 radical (unpaired) electrons. The molecule has 0 saturated carbocycles. The highest BCUT2D eigenvalue weighted by atomic mass is 16.7. The van der Waals surface area contributed by atoms with Crippen LogP contribution in [0.25, 0.3) is 55.0 Å². The lowest BCUT2D eigenvalue weighted by molar-refractivity contribution is 0.00578. The minimum atomic E-state index is -0.451. The van der Waals surface area contributed by atoms with Crippen LogP contribution in [-0.4, -0.2) is 18.3 Å². The standard InChI is InChI=1S/C34H29BO3/c1-33(2)34(3,4)38-35(37-33)29-13-8-14-31-32(29)28-21-25(19-20-30(28)36-31)22-15-17-24(18-16-22)27-12-7-10-23-9-5-6-11-26(23)27/h5-21H,1-4H3. The Labute approximate surface area is 223 Å². The van der Waals surface area contributed by atoms with Crippen molar-refractivity contribution >= 4 is 45.3 Å². The van der Waals surface area contributed by atoms with E-state index in [1.807, 2.05) is 12.1 Å². The summed E-state index contributed by atoms with van der Waals surface area (Å²) in [6.07, 6.45) is 0. The Morgan fingerprint density at radius 3 is 2.00 bits per heavy atom. The smallest absolute Gasteiger partial charge is 0.456 e. The Balaban J connectivity index is 1.30. The van der Waals surface area contributed by atoms with Crippen LogP contribution < -0.4 is 5.46 Å². The van der Waals surface area contributed by atoms with Gasteiger partial charge in [0.25, 0.3) is 0 Å². The zero-order valence-corrected chi connectivity index (χ0v) is 22.1. The van der Waals surface area contributed by atoms with Gasteiger partial charge in [0.1, 0.15) is 11.2 Å². The molecule has 1 saturated heterocycles. The first kappa shape index (κ1) is 23.3. The van der Waals surface area contributed by atoms with Gasteiger partial charge in [-0.05, 0) is 84.4 Å². The van der Waals surface area contributed by atoms with Crippen LogP contribution in [0.15, 0.2) is 108 Å². The summed E-state index contributed by atoms with van der Waals surface area (Å²) in [5.74, 6) is 0. The van der Waals surface area contributed by atoms with Crippen LogP contribution in [0.5, 0.6) is 0 Å². The average Bonchev–Trinajstić information content (AvgIpc) is 3.40. The van der Waals surface area contributed by atoms with E-state index in [4.69, 9.17) is 13.7 Å². The molecule has 0 N–H and O–H groups in total. The number of rotatable bonds is 3. The van der Waals surface area contributed by atoms with E-state index in [1.165, 1.54) is 27.5 Å². The second-order valence-electron chi connectivity index (χ2n) is 11.2. The number of hydrogen-bond donors (Lipinski definition) is 0. The van der Waals surface area contributed by atoms with Gasteiger partial charge in [-0.2, -0.15) is 0 Å². The van der Waals surface area contributed by atoms with Crippen LogP contribution in [0.1, 0.15) is 27.7 Å². The third kappa shape index (κ3) is 3.59. The van der Waals surface area contributed by atoms with Crippen molar-refractivity contribution in [1.29, 1.82) is 0 Å². The second-order valence-corrected chi connectivity index (χ2v) is 11.2. The zero-order valence-electron chi connectivity index (χ0n) is 22.1. The number of furan rings is 1. The van der Waals surface area contributed by atoms with Crippen molar-refractivity contribution in [3.05, 3.63) is 103 Å². The van der Waals surface area contributed by atoms with Crippen molar-refractivity contribution in [1.82, 2.24) is 0 Å². The molecule has 2 heterocycles. The van der Waals surface area contributed by atoms with Gasteiger partial charge in [0, 0.05) is 10.8 Å². The van der Waals surface area contributed by atoms with Crippen LogP contribution in [0.4, 0.5) is 0 Å². The number of hydrogen-bond acceptors (Lipinski definition) is 3. The van der Waals surface area contributed by atoms with Gasteiger partial charge in [-0.3, -0.25) is 0 Å². The molecular formula is C34H29BO3. The summed E-state index contributed by atoms with van der Waals surface area (Å²) in [6, 6.07) is 36.4. The fourth-order valence-corrected chi connectivity index (χ4v) is 5.52. The van der Waals surface area contributed by atoms with Crippen molar-refractivity contribution in [2.24, 2.45) is 0 Å². The first-order chi connectivity index (χ1) is 18.3. The van der Waals surface area contributed by atoms with Crippen molar-refractivity contribution in [3.8, 4) is 22.3 Å². The van der Waals surface area contributed by atoms with E-state index < -0.39 is 18.3 Å². The summed E-state index contributed by atoms with van der Waals surface area (Å²) < 4.78 is 19.1. The summed E-state index contributed by atoms with van der Waals surface area (Å²) >= 11 is 0. The van der Waals surface area contributed by atoms with Crippen molar-refractivity contribution in [2.45, 2.75) is 38.9 Å². The van der Waals surface area contributed by atoms with Crippen LogP contribution >= 0.6 is 0 Å². The molecule has 1 aliphatic rings. The topological polar surface area (TPSA) is 31.6 Å². The molecule has 6 aromatic rings. The number of benzene rings is 5. The van der Waals surface area contributed by atoms with E-state index >= 15 is 0 Å². The average molecular weight is 496 g/mol. The molecule has 1 aliphatic heterocycles. The summed E-state index contributed by atoms with van der Waals surface area (Å²) in [5.41, 5.74) is 6.67. The molecule has 7 rings (SSSR count). The monoisotopic (exact) mass is 496 g/mol. The largest absolute Gasteiger partial charge is 0.495 e. The molecule has 0 amide bonds. The van der Waals surface area contributed by atoms with Gasteiger partial charge >= 0.3 is 7.12 Å². The Bertz CT molecular complexity index is 1810. The lowest BCUT2D eigenvalue weighted by Gasteiger charge is -2.32. The van der Waals surface area contributed by atoms with Gasteiger partial charge in [-0.25, -0.2) is 0 Å². The maximum atomic E-state index is 6.41. The minimum Gasteiger partial charge on any atom is -0.456 e. The third-order valence-electron chi connectivity index (χ3n) is 8.35. The quantitative estimate of drug-likeness (QED) is 0.231. The lowest BCUT2D eigenvalue weighted by atomic mass is 9.76. The van der Waals surface area contributed by atoms with Crippen molar-refractivity contribution in [3.63, 3.8) is 0 Å². The molecule has 0 spiro atoms. The van der Waals surface area contributed by atoms with Gasteiger partial charge in [0.05, 0.1) is 11.2 Å². The maximum Gasteiger partial charge on any atom is 0.495 e. The highest BCUT2D eigenvalue weighted by Gasteiger charge is 2.52. The molecule has 38 heavy (non-hydrogen) atoms. The lowest BCUT2D eigenvalue weighted by Crippen LogP contribution is -2.41. The van der Waals surface area contributed by atoms with E-state index in [9.17, 15) is 0 Å². The molecule has 186 valence electrons. The van der Waals surface area contributed by atoms with Crippen LogP contribution in [-0.2, 0) is 9.31 Å². The van der Waals surface area contributed by atoms with Crippen LogP contribution in [0.3, 0.4) is 0 Å². The first-order valence-corrected chi connectivity index (χ1v) is 13.2. The van der Waals surface area contributed by atoms with Crippen LogP contribution in [0, 0.1) is 0 Å². The molecule has 0 bridgehead atoms. The van der Waals surface area contributed by atoms with Gasteiger partial charge < -0.3 is 13.7 Å². The fourth-order valence-electron chi connectivity index (χ4n) is 5.52. The Morgan fingerprint density at radius 1 is 0.553 bits per heavy atom. The molecule has 4 heteroatoms. The van der Waals surface area contributed by atoms with E-state index in [2.05, 4.69) is 119 Å². The van der Waals surface area contributed by atoms with Gasteiger partial charge in [0.15, 0.2) is 0 Å². The highest BCUT2D eigenvalue weighted by molar-refractivity contribution is 6.66. The molecule has 5 aromatic carbocycles. The summed E-state index contributed by atoms with van der Waals surface area (Å²) in [4.78, 5) is 0. The first-order valence-electron chi connectivity index (χ1n) is 13.2. The molecule has 0 unspecified atom stereocenters. The zero-order chi connectivity index (χ0) is 26.1. The summed E-state index contributed by atoms with van der Waals surface area (Å²) in [6.45, 7) is 8.34. The Hall–Kier alpha value is -3.86. The molecule has 1 aromatic heterocycles. The van der Waals surface area contributed by atoms with E-state index in [0.717, 1.165) is 33.0 Å². The maximum absolute atomic E-state index is 6.41. The SMILES string of the molecule is CC1(C)OB(c2cccc3oc4ccc(-c5ccc(-c6cccc7ccccc67)cc5)cc4c23)OC1(C)C. The minimum absolute atomic E-state index is 0.406. The van der Waals surface area contributed by atoms with Gasteiger partial charge in [-0.1, -0.05) is 84.9 Å². The normalized spacial score (nSPS) is 16.6. The molecule has 1 fully saturated rings. The summed E-state index contributed by atoms with van der Waals surface area (Å²) in [7, 11) is -0.451. The predicted octanol–water partition coefficient (Wildman–Crippen LogP) is 8.37. The van der Waals surface area contributed by atoms with Gasteiger partial charge in [0.2, 0.25) is 0 Å². The Morgan fingerprint density at radius 2 is 1.21 bits per heavy atom. The van der Waals surface area contributed by atoms with E-state index in [0.29, 0.717) is 0 Å². The molecule has 0 atom stereocenters. The third-order valence-corrected chi connectivity index (χ3v) is 8.35. The van der Waals surface area contributed by atoms with E-state index in [1.54, 1.807) is 0 Å². The van der Waals surface area contributed by atoms with Crippen molar-refractivity contribution < 1.29 is 13.7 Å². The van der Waals surface area contributed by atoms with Crippen LogP contribution in [0.2, 0.25) is 0 Å². The number of fused-ring (bicyclic) bond motifs is 4. The second kappa shape index (κ2) is 8.32. The highest BCUT2D eigenvalue weighted by Crippen LogP contribution is 2.39. The van der Waals surface area contributed by atoms with Crippen molar-refractivity contribution in [2.75, 3.05) is 0 Å². The molecular weight excluding hydrogens is 467 g/mol. The molecule has 0 aliphatic carbocycles. The Kier molecular flexibility index (Phi) is 5.10. The predicted molar refractivity (Wildman–Crippen MR) is 158 cm³/mol. The van der Waals surface area contributed by atoms with Gasteiger partial charge in [-0.15, -0.1) is 0 Å².